The zero-order valence-corrected chi connectivity index (χ0v) is 10.7. The summed E-state index contributed by atoms with van der Waals surface area (Å²) < 4.78 is 5.17. The van der Waals surface area contributed by atoms with Crippen molar-refractivity contribution in [3.05, 3.63) is 29.8 Å². The molecule has 1 aliphatic carbocycles. The highest BCUT2D eigenvalue weighted by Crippen LogP contribution is 2.38. The summed E-state index contributed by atoms with van der Waals surface area (Å²) in [6.45, 7) is 0. The van der Waals surface area contributed by atoms with Crippen LogP contribution in [0, 0.1) is 5.92 Å². The molecule has 0 bridgehead atoms. The fourth-order valence-corrected chi connectivity index (χ4v) is 2.99. The SMILES string of the molecule is COc1ccc(C(S)C2CCCCC2)cc1. The van der Waals surface area contributed by atoms with Gasteiger partial charge in [-0.1, -0.05) is 31.4 Å². The molecular formula is C14H20OS. The van der Waals surface area contributed by atoms with Crippen LogP contribution in [0.15, 0.2) is 24.3 Å². The van der Waals surface area contributed by atoms with Gasteiger partial charge < -0.3 is 4.74 Å². The molecule has 0 N–H and O–H groups in total. The van der Waals surface area contributed by atoms with Gasteiger partial charge in [0, 0.05) is 5.25 Å². The van der Waals surface area contributed by atoms with Crippen LogP contribution in [0.1, 0.15) is 42.9 Å². The number of rotatable bonds is 3. The Bertz CT molecular complexity index is 314. The molecule has 1 saturated carbocycles. The van der Waals surface area contributed by atoms with Gasteiger partial charge in [-0.15, -0.1) is 0 Å². The molecule has 1 nitrogen and oxygen atoms in total. The molecule has 0 radical (unpaired) electrons. The summed E-state index contributed by atoms with van der Waals surface area (Å²) in [6, 6.07) is 8.35. The maximum absolute atomic E-state index is 5.17. The van der Waals surface area contributed by atoms with Gasteiger partial charge in [-0.2, -0.15) is 12.6 Å². The minimum atomic E-state index is 0.395. The van der Waals surface area contributed by atoms with Crippen LogP contribution in [0.25, 0.3) is 0 Å². The molecular weight excluding hydrogens is 216 g/mol. The Morgan fingerprint density at radius 3 is 2.31 bits per heavy atom. The second-order valence-electron chi connectivity index (χ2n) is 4.62. The second-order valence-corrected chi connectivity index (χ2v) is 5.17. The number of hydrogen-bond acceptors (Lipinski definition) is 2. The van der Waals surface area contributed by atoms with Crippen LogP contribution in [0.2, 0.25) is 0 Å². The average Bonchev–Trinajstić information content (AvgIpc) is 2.39. The molecule has 1 fully saturated rings. The topological polar surface area (TPSA) is 9.23 Å². The maximum atomic E-state index is 5.17. The van der Waals surface area contributed by atoms with Crippen LogP contribution < -0.4 is 4.74 Å². The first kappa shape index (κ1) is 11.8. The van der Waals surface area contributed by atoms with Crippen molar-refractivity contribution in [1.82, 2.24) is 0 Å². The summed E-state index contributed by atoms with van der Waals surface area (Å²) in [5.74, 6) is 1.68. The van der Waals surface area contributed by atoms with E-state index in [0.29, 0.717) is 5.25 Å². The lowest BCUT2D eigenvalue weighted by Crippen LogP contribution is -2.12. The molecule has 0 aliphatic heterocycles. The van der Waals surface area contributed by atoms with Crippen molar-refractivity contribution in [3.8, 4) is 5.75 Å². The molecule has 1 atom stereocenters. The van der Waals surface area contributed by atoms with Crippen LogP contribution in [0.5, 0.6) is 5.75 Å². The Morgan fingerprint density at radius 2 is 1.75 bits per heavy atom. The van der Waals surface area contributed by atoms with E-state index in [1.54, 1.807) is 7.11 Å². The van der Waals surface area contributed by atoms with E-state index >= 15 is 0 Å². The van der Waals surface area contributed by atoms with Gasteiger partial charge in [0.25, 0.3) is 0 Å². The van der Waals surface area contributed by atoms with E-state index in [1.807, 2.05) is 12.1 Å². The minimum absolute atomic E-state index is 0.395. The van der Waals surface area contributed by atoms with Gasteiger partial charge in [-0.3, -0.25) is 0 Å². The quantitative estimate of drug-likeness (QED) is 0.772. The van der Waals surface area contributed by atoms with E-state index in [0.717, 1.165) is 11.7 Å². The molecule has 0 saturated heterocycles. The molecule has 0 heterocycles. The lowest BCUT2D eigenvalue weighted by atomic mass is 9.84. The Balaban J connectivity index is 2.04. The Morgan fingerprint density at radius 1 is 1.12 bits per heavy atom. The van der Waals surface area contributed by atoms with Crippen molar-refractivity contribution >= 4 is 12.6 Å². The third kappa shape index (κ3) is 2.73. The largest absolute Gasteiger partial charge is 0.497 e. The third-order valence-corrected chi connectivity index (χ3v) is 4.27. The summed E-state index contributed by atoms with van der Waals surface area (Å²) >= 11 is 4.79. The van der Waals surface area contributed by atoms with Crippen molar-refractivity contribution in [2.24, 2.45) is 5.92 Å². The Labute approximate surface area is 104 Å². The van der Waals surface area contributed by atoms with E-state index in [2.05, 4.69) is 12.1 Å². The molecule has 1 aromatic carbocycles. The van der Waals surface area contributed by atoms with Crippen molar-refractivity contribution in [2.45, 2.75) is 37.4 Å². The van der Waals surface area contributed by atoms with Crippen LogP contribution in [0.3, 0.4) is 0 Å². The highest BCUT2D eigenvalue weighted by molar-refractivity contribution is 7.80. The summed E-state index contributed by atoms with van der Waals surface area (Å²) in [5.41, 5.74) is 1.33. The zero-order chi connectivity index (χ0) is 11.4. The van der Waals surface area contributed by atoms with Crippen LogP contribution in [-0.2, 0) is 0 Å². The van der Waals surface area contributed by atoms with Crippen LogP contribution in [-0.4, -0.2) is 7.11 Å². The van der Waals surface area contributed by atoms with E-state index in [4.69, 9.17) is 17.4 Å². The molecule has 0 spiro atoms. The van der Waals surface area contributed by atoms with Gasteiger partial charge in [0.15, 0.2) is 0 Å². The molecule has 2 rings (SSSR count). The predicted octanol–water partition coefficient (Wildman–Crippen LogP) is 4.25. The maximum Gasteiger partial charge on any atom is 0.118 e. The minimum Gasteiger partial charge on any atom is -0.497 e. The molecule has 0 amide bonds. The smallest absolute Gasteiger partial charge is 0.118 e. The number of ether oxygens (including phenoxy) is 1. The van der Waals surface area contributed by atoms with E-state index in [9.17, 15) is 0 Å². The lowest BCUT2D eigenvalue weighted by Gasteiger charge is -2.27. The Hall–Kier alpha value is -0.630. The van der Waals surface area contributed by atoms with Crippen LogP contribution >= 0.6 is 12.6 Å². The normalized spacial score (nSPS) is 19.4. The average molecular weight is 236 g/mol. The first-order valence-corrected chi connectivity index (χ1v) is 6.65. The zero-order valence-electron chi connectivity index (χ0n) is 9.86. The molecule has 0 aromatic heterocycles. The van der Waals surface area contributed by atoms with Gasteiger partial charge in [0.05, 0.1) is 7.11 Å². The van der Waals surface area contributed by atoms with Gasteiger partial charge in [0.2, 0.25) is 0 Å². The van der Waals surface area contributed by atoms with Gasteiger partial charge >= 0.3 is 0 Å². The molecule has 88 valence electrons. The van der Waals surface area contributed by atoms with Crippen LogP contribution in [0.4, 0.5) is 0 Å². The van der Waals surface area contributed by atoms with Crippen molar-refractivity contribution in [1.29, 1.82) is 0 Å². The van der Waals surface area contributed by atoms with Gasteiger partial charge in [-0.25, -0.2) is 0 Å². The fraction of sp³-hybridized carbons (Fsp3) is 0.571. The summed E-state index contributed by atoms with van der Waals surface area (Å²) in [7, 11) is 1.70. The first-order chi connectivity index (χ1) is 7.81. The fourth-order valence-electron chi connectivity index (χ4n) is 2.52. The monoisotopic (exact) mass is 236 g/mol. The number of methoxy groups -OCH3 is 1. The van der Waals surface area contributed by atoms with E-state index < -0.39 is 0 Å². The summed E-state index contributed by atoms with van der Waals surface area (Å²) in [6.07, 6.45) is 6.82. The molecule has 1 unspecified atom stereocenters. The number of thiol groups is 1. The molecule has 2 heteroatoms. The molecule has 1 aliphatic rings. The summed E-state index contributed by atoms with van der Waals surface area (Å²) in [5, 5.41) is 0.395. The van der Waals surface area contributed by atoms with E-state index in [1.165, 1.54) is 37.7 Å². The van der Waals surface area contributed by atoms with Gasteiger partial charge in [-0.05, 0) is 36.5 Å². The third-order valence-electron chi connectivity index (χ3n) is 3.55. The Kier molecular flexibility index (Phi) is 4.16. The standard InChI is InChI=1S/C14H20OS/c1-15-13-9-7-12(8-10-13)14(16)11-5-3-2-4-6-11/h7-11,14,16H,2-6H2,1H3. The lowest BCUT2D eigenvalue weighted by molar-refractivity contribution is 0.352. The van der Waals surface area contributed by atoms with Crippen molar-refractivity contribution < 1.29 is 4.74 Å². The summed E-state index contributed by atoms with van der Waals surface area (Å²) in [4.78, 5) is 0. The molecule has 1 aromatic rings. The molecule has 16 heavy (non-hydrogen) atoms. The van der Waals surface area contributed by atoms with Crippen molar-refractivity contribution in [3.63, 3.8) is 0 Å². The van der Waals surface area contributed by atoms with Crippen molar-refractivity contribution in [2.75, 3.05) is 7.11 Å². The van der Waals surface area contributed by atoms with E-state index in [-0.39, 0.29) is 0 Å². The van der Waals surface area contributed by atoms with Gasteiger partial charge in [0.1, 0.15) is 5.75 Å². The predicted molar refractivity (Wildman–Crippen MR) is 71.3 cm³/mol. The number of benzene rings is 1. The second kappa shape index (κ2) is 5.62. The highest BCUT2D eigenvalue weighted by atomic mass is 32.1. The highest BCUT2D eigenvalue weighted by Gasteiger charge is 2.21. The number of hydrogen-bond donors (Lipinski definition) is 1. The first-order valence-electron chi connectivity index (χ1n) is 6.13.